The molecule has 0 unspecified atom stereocenters. The van der Waals surface area contributed by atoms with Crippen LogP contribution in [-0.2, 0) is 14.3 Å². The molecule has 1 amide bonds. The molecule has 2 aromatic rings. The number of thioether (sulfide) groups is 1. The van der Waals surface area contributed by atoms with E-state index in [2.05, 4.69) is 15.3 Å². The van der Waals surface area contributed by atoms with E-state index in [9.17, 15) is 9.59 Å². The summed E-state index contributed by atoms with van der Waals surface area (Å²) in [5.41, 5.74) is 0.656. The van der Waals surface area contributed by atoms with E-state index in [1.807, 2.05) is 18.4 Å². The van der Waals surface area contributed by atoms with Crippen LogP contribution in [0.15, 0.2) is 47.6 Å². The summed E-state index contributed by atoms with van der Waals surface area (Å²) in [5.74, 6) is -0.510. The molecule has 24 heavy (non-hydrogen) atoms. The molecule has 1 aromatic carbocycles. The highest BCUT2D eigenvalue weighted by molar-refractivity contribution is 7.98. The zero-order valence-corrected chi connectivity index (χ0v) is 14.2. The average molecular weight is 346 g/mol. The lowest BCUT2D eigenvalue weighted by Crippen LogP contribution is -2.30. The van der Waals surface area contributed by atoms with Crippen LogP contribution in [0.4, 0.5) is 11.6 Å². The molecule has 126 valence electrons. The number of esters is 1. The molecule has 0 fully saturated rings. The van der Waals surface area contributed by atoms with Gasteiger partial charge in [0.1, 0.15) is 6.54 Å². The van der Waals surface area contributed by atoms with Gasteiger partial charge >= 0.3 is 5.97 Å². The maximum atomic E-state index is 11.8. The van der Waals surface area contributed by atoms with Crippen LogP contribution in [-0.4, -0.2) is 48.3 Å². The maximum absolute atomic E-state index is 11.8. The Morgan fingerprint density at radius 2 is 1.88 bits per heavy atom. The molecule has 1 aromatic heterocycles. The summed E-state index contributed by atoms with van der Waals surface area (Å²) in [6.45, 7) is -0.383. The van der Waals surface area contributed by atoms with E-state index in [1.165, 1.54) is 0 Å². The number of nitrogens with zero attached hydrogens (tertiary/aromatic N) is 3. The van der Waals surface area contributed by atoms with Gasteiger partial charge < -0.3 is 15.0 Å². The van der Waals surface area contributed by atoms with Crippen LogP contribution < -0.4 is 10.2 Å². The summed E-state index contributed by atoms with van der Waals surface area (Å²) in [5, 5.41) is 2.67. The lowest BCUT2D eigenvalue weighted by molar-refractivity contribution is -0.145. The van der Waals surface area contributed by atoms with E-state index >= 15 is 0 Å². The van der Waals surface area contributed by atoms with E-state index in [-0.39, 0.29) is 19.1 Å². The zero-order chi connectivity index (χ0) is 17.4. The van der Waals surface area contributed by atoms with Crippen molar-refractivity contribution in [3.05, 3.63) is 42.7 Å². The molecule has 0 saturated heterocycles. The van der Waals surface area contributed by atoms with Gasteiger partial charge in [0.15, 0.2) is 6.61 Å². The van der Waals surface area contributed by atoms with Gasteiger partial charge in [-0.25, -0.2) is 9.97 Å². The van der Waals surface area contributed by atoms with Crippen LogP contribution in [0.5, 0.6) is 0 Å². The number of carbonyl (C=O) groups is 2. The predicted molar refractivity (Wildman–Crippen MR) is 93.1 cm³/mol. The topological polar surface area (TPSA) is 84.4 Å². The smallest absolute Gasteiger partial charge is 0.326 e. The molecule has 8 heteroatoms. The molecule has 0 spiro atoms. The molecule has 0 aliphatic heterocycles. The van der Waals surface area contributed by atoms with Crippen molar-refractivity contribution in [1.82, 2.24) is 9.97 Å². The van der Waals surface area contributed by atoms with Crippen molar-refractivity contribution in [2.45, 2.75) is 4.90 Å². The summed E-state index contributed by atoms with van der Waals surface area (Å²) >= 11 is 1.62. The summed E-state index contributed by atoms with van der Waals surface area (Å²) in [6, 6.07) is 9.09. The SMILES string of the molecule is CSc1ccc(NC(=O)COC(=O)CN(C)c2ncccn2)cc1. The Hall–Kier alpha value is -2.61. The van der Waals surface area contributed by atoms with Gasteiger partial charge in [0.05, 0.1) is 0 Å². The van der Waals surface area contributed by atoms with Gasteiger partial charge in [-0.3, -0.25) is 9.59 Å². The van der Waals surface area contributed by atoms with Crippen molar-refractivity contribution < 1.29 is 14.3 Å². The standard InChI is InChI=1S/C16H18N4O3S/c1-20(16-17-8-3-9-18-16)10-15(22)23-11-14(21)19-12-4-6-13(24-2)7-5-12/h3-9H,10-11H2,1-2H3,(H,19,21). The minimum absolute atomic E-state index is 0.0420. The summed E-state index contributed by atoms with van der Waals surface area (Å²) in [7, 11) is 1.67. The Balaban J connectivity index is 1.75. The number of benzene rings is 1. The minimum atomic E-state index is -0.530. The second-order valence-corrected chi connectivity index (χ2v) is 5.72. The minimum Gasteiger partial charge on any atom is -0.454 e. The van der Waals surface area contributed by atoms with Crippen LogP contribution in [0, 0.1) is 0 Å². The third-order valence-electron chi connectivity index (χ3n) is 3.00. The average Bonchev–Trinajstić information content (AvgIpc) is 2.61. The Labute approximate surface area is 144 Å². The number of amides is 1. The summed E-state index contributed by atoms with van der Waals surface area (Å²) in [6.07, 6.45) is 5.14. The third-order valence-corrected chi connectivity index (χ3v) is 3.74. The van der Waals surface area contributed by atoms with Gasteiger partial charge in [-0.05, 0) is 36.6 Å². The molecule has 0 radical (unpaired) electrons. The molecule has 0 saturated carbocycles. The van der Waals surface area contributed by atoms with Crippen molar-refractivity contribution in [2.24, 2.45) is 0 Å². The fraction of sp³-hybridized carbons (Fsp3) is 0.250. The number of hydrogen-bond donors (Lipinski definition) is 1. The van der Waals surface area contributed by atoms with Crippen LogP contribution in [0.25, 0.3) is 0 Å². The molecular weight excluding hydrogens is 328 g/mol. The number of rotatable bonds is 7. The lowest BCUT2D eigenvalue weighted by atomic mass is 10.3. The van der Waals surface area contributed by atoms with Gasteiger partial charge in [-0.15, -0.1) is 11.8 Å². The van der Waals surface area contributed by atoms with E-state index in [0.29, 0.717) is 11.6 Å². The van der Waals surface area contributed by atoms with Crippen molar-refractivity contribution in [1.29, 1.82) is 0 Å². The molecule has 1 heterocycles. The maximum Gasteiger partial charge on any atom is 0.326 e. The van der Waals surface area contributed by atoms with Crippen LogP contribution in [0.1, 0.15) is 0 Å². The molecular formula is C16H18N4O3S. The summed E-state index contributed by atoms with van der Waals surface area (Å²) < 4.78 is 4.96. The van der Waals surface area contributed by atoms with Gasteiger partial charge in [-0.1, -0.05) is 0 Å². The van der Waals surface area contributed by atoms with Crippen LogP contribution in [0.3, 0.4) is 0 Å². The fourth-order valence-electron chi connectivity index (χ4n) is 1.82. The monoisotopic (exact) mass is 346 g/mol. The summed E-state index contributed by atoms with van der Waals surface area (Å²) in [4.78, 5) is 34.3. The van der Waals surface area contributed by atoms with Gasteiger partial charge in [0.25, 0.3) is 5.91 Å². The first-order valence-corrected chi connectivity index (χ1v) is 8.38. The first kappa shape index (κ1) is 17.7. The number of anilines is 2. The van der Waals surface area contributed by atoms with Crippen LogP contribution in [0.2, 0.25) is 0 Å². The third kappa shape index (κ3) is 5.54. The van der Waals surface area contributed by atoms with Crippen molar-refractivity contribution in [2.75, 3.05) is 36.7 Å². The Bertz CT molecular complexity index is 679. The van der Waals surface area contributed by atoms with Crippen molar-refractivity contribution in [3.8, 4) is 0 Å². The molecule has 0 aliphatic rings. The number of nitrogens with one attached hydrogen (secondary N) is 1. The largest absolute Gasteiger partial charge is 0.454 e. The predicted octanol–water partition coefficient (Wildman–Crippen LogP) is 1.82. The van der Waals surface area contributed by atoms with E-state index in [0.717, 1.165) is 4.90 Å². The van der Waals surface area contributed by atoms with E-state index in [1.54, 1.807) is 54.3 Å². The molecule has 1 N–H and O–H groups in total. The first-order valence-electron chi connectivity index (χ1n) is 7.16. The second-order valence-electron chi connectivity index (χ2n) is 4.84. The van der Waals surface area contributed by atoms with E-state index < -0.39 is 5.97 Å². The zero-order valence-electron chi connectivity index (χ0n) is 13.4. The van der Waals surface area contributed by atoms with E-state index in [4.69, 9.17) is 4.74 Å². The van der Waals surface area contributed by atoms with Gasteiger partial charge in [-0.2, -0.15) is 0 Å². The first-order chi connectivity index (χ1) is 11.6. The number of hydrogen-bond acceptors (Lipinski definition) is 7. The molecule has 7 nitrogen and oxygen atoms in total. The molecule has 0 bridgehead atoms. The Morgan fingerprint density at radius 3 is 2.50 bits per heavy atom. The lowest BCUT2D eigenvalue weighted by Gasteiger charge is -2.15. The number of carbonyl (C=O) groups excluding carboxylic acids is 2. The fourth-order valence-corrected chi connectivity index (χ4v) is 2.22. The Morgan fingerprint density at radius 1 is 1.21 bits per heavy atom. The quantitative estimate of drug-likeness (QED) is 0.604. The number of likely N-dealkylation sites (N-methyl/N-ethyl adjacent to an activating group) is 1. The highest BCUT2D eigenvalue weighted by Crippen LogP contribution is 2.17. The molecule has 2 rings (SSSR count). The highest BCUT2D eigenvalue weighted by atomic mass is 32.2. The van der Waals surface area contributed by atoms with Gasteiger partial charge in [0, 0.05) is 30.0 Å². The molecule has 0 aliphatic carbocycles. The van der Waals surface area contributed by atoms with Crippen LogP contribution >= 0.6 is 11.8 Å². The second kappa shape index (κ2) is 8.88. The van der Waals surface area contributed by atoms with Crippen molar-refractivity contribution in [3.63, 3.8) is 0 Å². The van der Waals surface area contributed by atoms with Gasteiger partial charge in [0.2, 0.25) is 5.95 Å². The normalized spacial score (nSPS) is 10.1. The number of aromatic nitrogens is 2. The molecule has 0 atom stereocenters. The number of ether oxygens (including phenoxy) is 1. The highest BCUT2D eigenvalue weighted by Gasteiger charge is 2.12. The Kier molecular flexibility index (Phi) is 6.56. The van der Waals surface area contributed by atoms with Crippen molar-refractivity contribution >= 4 is 35.3 Å².